The molecule has 0 N–H and O–H groups in total. The van der Waals surface area contributed by atoms with Gasteiger partial charge in [-0.3, -0.25) is 4.79 Å². The van der Waals surface area contributed by atoms with Gasteiger partial charge < -0.3 is 4.74 Å². The molecule has 0 aliphatic heterocycles. The number of carbonyl (C=O) groups excluding carboxylic acids is 1. The number of hydrogen-bond donors (Lipinski definition) is 0. The predicted octanol–water partition coefficient (Wildman–Crippen LogP) is 2.94. The Labute approximate surface area is 125 Å². The number of fused-ring (bicyclic) bond motifs is 1. The van der Waals surface area contributed by atoms with Gasteiger partial charge in [-0.15, -0.1) is 0 Å². The van der Waals surface area contributed by atoms with Gasteiger partial charge in [-0.05, 0) is 35.0 Å². The van der Waals surface area contributed by atoms with Crippen LogP contribution < -0.4 is 0 Å². The summed E-state index contributed by atoms with van der Waals surface area (Å²) in [7, 11) is -2.24. The second-order valence-corrected chi connectivity index (χ2v) is 7.32. The van der Waals surface area contributed by atoms with Gasteiger partial charge in [0, 0.05) is 4.47 Å². The van der Waals surface area contributed by atoms with E-state index < -0.39 is 15.8 Å². The van der Waals surface area contributed by atoms with Crippen LogP contribution in [0.25, 0.3) is 10.8 Å². The molecule has 0 amide bonds. The van der Waals surface area contributed by atoms with Crippen LogP contribution in [0.5, 0.6) is 0 Å². The van der Waals surface area contributed by atoms with Crippen molar-refractivity contribution in [3.05, 3.63) is 40.9 Å². The van der Waals surface area contributed by atoms with Gasteiger partial charge in [-0.2, -0.15) is 0 Å². The van der Waals surface area contributed by atoms with Crippen LogP contribution in [-0.2, 0) is 19.4 Å². The number of sulfone groups is 1. The van der Waals surface area contributed by atoms with Crippen molar-refractivity contribution in [3.63, 3.8) is 0 Å². The molecule has 106 valence electrons. The number of hydrogen-bond acceptors (Lipinski definition) is 4. The number of esters is 1. The fourth-order valence-corrected chi connectivity index (χ4v) is 3.46. The number of methoxy groups -OCH3 is 1. The molecule has 0 saturated heterocycles. The maximum atomic E-state index is 12.1. The summed E-state index contributed by atoms with van der Waals surface area (Å²) in [5.41, 5.74) is 0. The van der Waals surface area contributed by atoms with Crippen LogP contribution in [0, 0.1) is 0 Å². The van der Waals surface area contributed by atoms with Crippen LogP contribution in [0.2, 0.25) is 0 Å². The fourth-order valence-electron chi connectivity index (χ4n) is 1.83. The molecular formula is C14H13BrO4S. The third-order valence-corrected chi connectivity index (χ3v) is 5.14. The van der Waals surface area contributed by atoms with Crippen LogP contribution in [-0.4, -0.2) is 27.2 Å². The molecule has 2 rings (SSSR count). The van der Waals surface area contributed by atoms with Gasteiger partial charge in [0.2, 0.25) is 0 Å². The van der Waals surface area contributed by atoms with Crippen LogP contribution >= 0.6 is 15.9 Å². The zero-order valence-electron chi connectivity index (χ0n) is 10.8. The van der Waals surface area contributed by atoms with Crippen molar-refractivity contribution in [2.75, 3.05) is 12.9 Å². The minimum atomic E-state index is -3.48. The Kier molecular flexibility index (Phi) is 4.45. The normalized spacial score (nSPS) is 11.5. The number of rotatable bonds is 4. The fraction of sp³-hybridized carbons (Fsp3) is 0.214. The number of halogens is 1. The van der Waals surface area contributed by atoms with Crippen molar-refractivity contribution in [3.8, 4) is 0 Å². The van der Waals surface area contributed by atoms with Crippen molar-refractivity contribution >= 4 is 42.5 Å². The average Bonchev–Trinajstić information content (AvgIpc) is 2.44. The van der Waals surface area contributed by atoms with E-state index in [4.69, 9.17) is 0 Å². The van der Waals surface area contributed by atoms with Gasteiger partial charge >= 0.3 is 5.97 Å². The van der Waals surface area contributed by atoms with Crippen molar-refractivity contribution in [2.45, 2.75) is 11.3 Å². The molecular weight excluding hydrogens is 344 g/mol. The molecule has 0 aromatic heterocycles. The Bertz CT molecular complexity index is 753. The zero-order chi connectivity index (χ0) is 14.8. The van der Waals surface area contributed by atoms with Gasteiger partial charge in [-0.1, -0.05) is 28.1 Å². The summed E-state index contributed by atoms with van der Waals surface area (Å²) in [5, 5.41) is 1.79. The molecule has 0 unspecified atom stereocenters. The van der Waals surface area contributed by atoms with Crippen LogP contribution in [0.15, 0.2) is 45.8 Å². The monoisotopic (exact) mass is 356 g/mol. The van der Waals surface area contributed by atoms with E-state index in [9.17, 15) is 13.2 Å². The molecule has 4 nitrogen and oxygen atoms in total. The van der Waals surface area contributed by atoms with Crippen LogP contribution in [0.1, 0.15) is 6.42 Å². The van der Waals surface area contributed by atoms with Gasteiger partial charge in [0.15, 0.2) is 9.84 Å². The summed E-state index contributed by atoms with van der Waals surface area (Å²) in [6, 6.07) is 10.5. The molecule has 6 heteroatoms. The summed E-state index contributed by atoms with van der Waals surface area (Å²) < 4.78 is 29.7. The standard InChI is InChI=1S/C14H13BrO4S/c1-19-14(16)6-7-20(17,18)13-5-3-10-8-12(15)4-2-11(10)9-13/h2-5,8-9H,6-7H2,1H3. The third-order valence-electron chi connectivity index (χ3n) is 2.94. The lowest BCUT2D eigenvalue weighted by atomic mass is 10.1. The molecule has 0 heterocycles. The lowest BCUT2D eigenvalue weighted by Gasteiger charge is -2.06. The molecule has 2 aromatic rings. The highest BCUT2D eigenvalue weighted by Gasteiger charge is 2.17. The molecule has 0 aliphatic carbocycles. The van der Waals surface area contributed by atoms with Crippen molar-refractivity contribution in [2.24, 2.45) is 0 Å². The smallest absolute Gasteiger partial charge is 0.306 e. The molecule has 2 aromatic carbocycles. The van der Waals surface area contributed by atoms with Crippen molar-refractivity contribution in [1.82, 2.24) is 0 Å². The lowest BCUT2D eigenvalue weighted by Crippen LogP contribution is -2.12. The first-order valence-corrected chi connectivity index (χ1v) is 8.36. The first-order valence-electron chi connectivity index (χ1n) is 5.91. The summed E-state index contributed by atoms with van der Waals surface area (Å²) in [4.78, 5) is 11.3. The first-order chi connectivity index (χ1) is 9.42. The molecule has 20 heavy (non-hydrogen) atoms. The molecule has 0 aliphatic rings. The van der Waals surface area contributed by atoms with Crippen molar-refractivity contribution in [1.29, 1.82) is 0 Å². The Morgan fingerprint density at radius 2 is 1.80 bits per heavy atom. The number of benzene rings is 2. The minimum absolute atomic E-state index is 0.142. The van der Waals surface area contributed by atoms with E-state index in [1.54, 1.807) is 18.2 Å². The molecule has 0 atom stereocenters. The van der Waals surface area contributed by atoms with Crippen LogP contribution in [0.4, 0.5) is 0 Å². The van der Waals surface area contributed by atoms with E-state index in [0.717, 1.165) is 15.2 Å². The maximum absolute atomic E-state index is 12.1. The third kappa shape index (κ3) is 3.37. The largest absolute Gasteiger partial charge is 0.469 e. The Morgan fingerprint density at radius 3 is 2.50 bits per heavy atom. The molecule has 0 radical (unpaired) electrons. The van der Waals surface area contributed by atoms with Gasteiger partial charge in [0.05, 0.1) is 24.2 Å². The molecule has 0 fully saturated rings. The highest BCUT2D eigenvalue weighted by atomic mass is 79.9. The Balaban J connectivity index is 2.32. The quantitative estimate of drug-likeness (QED) is 0.790. The summed E-state index contributed by atoms with van der Waals surface area (Å²) >= 11 is 3.37. The lowest BCUT2D eigenvalue weighted by molar-refractivity contribution is -0.140. The molecule has 0 bridgehead atoms. The van der Waals surface area contributed by atoms with Crippen molar-refractivity contribution < 1.29 is 17.9 Å². The second-order valence-electron chi connectivity index (χ2n) is 4.30. The topological polar surface area (TPSA) is 60.4 Å². The number of carbonyl (C=O) groups is 1. The van der Waals surface area contributed by atoms with E-state index in [0.29, 0.717) is 0 Å². The van der Waals surface area contributed by atoms with E-state index in [2.05, 4.69) is 20.7 Å². The van der Waals surface area contributed by atoms with Crippen LogP contribution in [0.3, 0.4) is 0 Å². The Hall–Kier alpha value is -1.40. The summed E-state index contributed by atoms with van der Waals surface area (Å²) in [6.45, 7) is 0. The Morgan fingerprint density at radius 1 is 1.15 bits per heavy atom. The highest BCUT2D eigenvalue weighted by molar-refractivity contribution is 9.10. The average molecular weight is 357 g/mol. The zero-order valence-corrected chi connectivity index (χ0v) is 13.2. The van der Waals surface area contributed by atoms with E-state index in [1.165, 1.54) is 7.11 Å². The van der Waals surface area contributed by atoms with E-state index in [1.807, 2.05) is 18.2 Å². The van der Waals surface area contributed by atoms with Gasteiger partial charge in [0.25, 0.3) is 0 Å². The predicted molar refractivity (Wildman–Crippen MR) is 80.3 cm³/mol. The summed E-state index contributed by atoms with van der Waals surface area (Å²) in [6.07, 6.45) is -0.142. The number of ether oxygens (including phenoxy) is 1. The van der Waals surface area contributed by atoms with E-state index in [-0.39, 0.29) is 17.1 Å². The second kappa shape index (κ2) is 5.93. The maximum Gasteiger partial charge on any atom is 0.306 e. The molecule has 0 saturated carbocycles. The first kappa shape index (κ1) is 15.0. The van der Waals surface area contributed by atoms with E-state index >= 15 is 0 Å². The van der Waals surface area contributed by atoms with Gasteiger partial charge in [0.1, 0.15) is 0 Å². The summed E-state index contributed by atoms with van der Waals surface area (Å²) in [5.74, 6) is -0.778. The molecule has 0 spiro atoms. The SMILES string of the molecule is COC(=O)CCS(=O)(=O)c1ccc2cc(Br)ccc2c1. The van der Waals surface area contributed by atoms with Gasteiger partial charge in [-0.25, -0.2) is 8.42 Å². The highest BCUT2D eigenvalue weighted by Crippen LogP contribution is 2.23. The minimum Gasteiger partial charge on any atom is -0.469 e.